The van der Waals surface area contributed by atoms with Crippen LogP contribution in [0.1, 0.15) is 58.3 Å². The molecule has 0 aromatic carbocycles. The third-order valence-electron chi connectivity index (χ3n) is 3.00. The van der Waals surface area contributed by atoms with Crippen molar-refractivity contribution in [2.75, 3.05) is 5.75 Å². The fourth-order valence-electron chi connectivity index (χ4n) is 2.04. The van der Waals surface area contributed by atoms with Crippen molar-refractivity contribution < 1.29 is 5.11 Å². The van der Waals surface area contributed by atoms with E-state index in [9.17, 15) is 5.11 Å². The fraction of sp³-hybridized carbons (Fsp3) is 1.00. The maximum Gasteiger partial charge on any atom is 0.0658 e. The molecular weight excluding hydrogens is 192 g/mol. The van der Waals surface area contributed by atoms with Crippen LogP contribution in [0.4, 0.5) is 0 Å². The standard InChI is InChI=1S/C12H24OS/c1-2-3-7-10-14-12-9-6-4-5-8-11(12)13/h11-13H,2-10H2,1H3. The average molecular weight is 216 g/mol. The van der Waals surface area contributed by atoms with Gasteiger partial charge in [0.15, 0.2) is 0 Å². The van der Waals surface area contributed by atoms with Crippen molar-refractivity contribution in [3.8, 4) is 0 Å². The van der Waals surface area contributed by atoms with Crippen LogP contribution < -0.4 is 0 Å². The molecule has 1 nitrogen and oxygen atoms in total. The third-order valence-corrected chi connectivity index (χ3v) is 4.50. The van der Waals surface area contributed by atoms with Crippen LogP contribution >= 0.6 is 11.8 Å². The molecule has 0 amide bonds. The molecule has 2 unspecified atom stereocenters. The lowest BCUT2D eigenvalue weighted by Gasteiger charge is -2.19. The smallest absolute Gasteiger partial charge is 0.0658 e. The summed E-state index contributed by atoms with van der Waals surface area (Å²) in [6.07, 6.45) is 10.1. The predicted molar refractivity (Wildman–Crippen MR) is 64.9 cm³/mol. The molecule has 1 saturated carbocycles. The van der Waals surface area contributed by atoms with Gasteiger partial charge in [0, 0.05) is 5.25 Å². The number of hydrogen-bond donors (Lipinski definition) is 1. The van der Waals surface area contributed by atoms with Gasteiger partial charge >= 0.3 is 0 Å². The number of rotatable bonds is 5. The van der Waals surface area contributed by atoms with E-state index in [4.69, 9.17) is 0 Å². The van der Waals surface area contributed by atoms with Crippen LogP contribution in [-0.2, 0) is 0 Å². The summed E-state index contributed by atoms with van der Waals surface area (Å²) in [4.78, 5) is 0. The summed E-state index contributed by atoms with van der Waals surface area (Å²) in [6.45, 7) is 2.24. The van der Waals surface area contributed by atoms with Crippen LogP contribution in [0.25, 0.3) is 0 Å². The van der Waals surface area contributed by atoms with Crippen molar-refractivity contribution in [3.05, 3.63) is 0 Å². The predicted octanol–water partition coefficient (Wildman–Crippen LogP) is 3.60. The fourth-order valence-corrected chi connectivity index (χ4v) is 3.40. The Balaban J connectivity index is 2.13. The molecule has 1 rings (SSSR count). The number of aliphatic hydroxyl groups is 1. The van der Waals surface area contributed by atoms with Gasteiger partial charge in [0.1, 0.15) is 0 Å². The van der Waals surface area contributed by atoms with Gasteiger partial charge in [-0.25, -0.2) is 0 Å². The zero-order valence-corrected chi connectivity index (χ0v) is 10.2. The lowest BCUT2D eigenvalue weighted by Crippen LogP contribution is -2.21. The molecule has 0 bridgehead atoms. The van der Waals surface area contributed by atoms with E-state index in [1.165, 1.54) is 50.7 Å². The van der Waals surface area contributed by atoms with E-state index in [0.29, 0.717) is 5.25 Å². The highest BCUT2D eigenvalue weighted by Gasteiger charge is 2.21. The highest BCUT2D eigenvalue weighted by Crippen LogP contribution is 2.28. The van der Waals surface area contributed by atoms with Crippen LogP contribution in [0.2, 0.25) is 0 Å². The first kappa shape index (κ1) is 12.4. The molecule has 1 fully saturated rings. The largest absolute Gasteiger partial charge is 0.392 e. The molecule has 2 heteroatoms. The topological polar surface area (TPSA) is 20.2 Å². The van der Waals surface area contributed by atoms with E-state index in [1.54, 1.807) is 0 Å². The maximum atomic E-state index is 9.88. The van der Waals surface area contributed by atoms with Crippen molar-refractivity contribution in [2.24, 2.45) is 0 Å². The average Bonchev–Trinajstić information content (AvgIpc) is 2.39. The van der Waals surface area contributed by atoms with Gasteiger partial charge < -0.3 is 5.11 Å². The molecular formula is C12H24OS. The Kier molecular flexibility index (Phi) is 6.70. The molecule has 0 spiro atoms. The number of hydrogen-bond acceptors (Lipinski definition) is 2. The Morgan fingerprint density at radius 1 is 1.14 bits per heavy atom. The quantitative estimate of drug-likeness (QED) is 0.559. The minimum atomic E-state index is -0.0240. The van der Waals surface area contributed by atoms with E-state index in [1.807, 2.05) is 11.8 Å². The van der Waals surface area contributed by atoms with Gasteiger partial charge in [0.2, 0.25) is 0 Å². The number of unbranched alkanes of at least 4 members (excludes halogenated alkanes) is 2. The first-order valence-corrected chi connectivity index (χ1v) is 7.19. The normalized spacial score (nSPS) is 28.7. The first-order valence-electron chi connectivity index (χ1n) is 6.14. The Morgan fingerprint density at radius 3 is 2.71 bits per heavy atom. The molecule has 1 aliphatic rings. The minimum Gasteiger partial charge on any atom is -0.392 e. The van der Waals surface area contributed by atoms with Gasteiger partial charge in [-0.05, 0) is 25.0 Å². The summed E-state index contributed by atoms with van der Waals surface area (Å²) >= 11 is 2.01. The SMILES string of the molecule is CCCCCSC1CCCCCC1O. The molecule has 0 heterocycles. The Bertz CT molecular complexity index is 138. The van der Waals surface area contributed by atoms with Gasteiger partial charge in [-0.3, -0.25) is 0 Å². The highest BCUT2D eigenvalue weighted by molar-refractivity contribution is 7.99. The summed E-state index contributed by atoms with van der Waals surface area (Å²) < 4.78 is 0. The molecule has 0 aliphatic heterocycles. The Morgan fingerprint density at radius 2 is 1.93 bits per heavy atom. The van der Waals surface area contributed by atoms with Gasteiger partial charge in [0.05, 0.1) is 6.10 Å². The first-order chi connectivity index (χ1) is 6.84. The van der Waals surface area contributed by atoms with Crippen LogP contribution in [0.5, 0.6) is 0 Å². The van der Waals surface area contributed by atoms with Crippen molar-refractivity contribution in [3.63, 3.8) is 0 Å². The van der Waals surface area contributed by atoms with E-state index < -0.39 is 0 Å². The minimum absolute atomic E-state index is 0.0240. The third kappa shape index (κ3) is 4.70. The maximum absolute atomic E-state index is 9.88. The van der Waals surface area contributed by atoms with Crippen LogP contribution in [0.15, 0.2) is 0 Å². The van der Waals surface area contributed by atoms with Crippen molar-refractivity contribution in [1.82, 2.24) is 0 Å². The number of aliphatic hydroxyl groups excluding tert-OH is 1. The van der Waals surface area contributed by atoms with E-state index in [0.717, 1.165) is 6.42 Å². The second kappa shape index (κ2) is 7.58. The lowest BCUT2D eigenvalue weighted by atomic mass is 10.1. The molecule has 1 aliphatic carbocycles. The summed E-state index contributed by atoms with van der Waals surface area (Å²) in [5, 5.41) is 10.4. The molecule has 2 atom stereocenters. The van der Waals surface area contributed by atoms with E-state index in [-0.39, 0.29) is 6.10 Å². The molecule has 0 aromatic rings. The molecule has 1 N–H and O–H groups in total. The van der Waals surface area contributed by atoms with Crippen LogP contribution in [0.3, 0.4) is 0 Å². The summed E-state index contributed by atoms with van der Waals surface area (Å²) in [6, 6.07) is 0. The Labute approximate surface area is 92.7 Å². The zero-order valence-electron chi connectivity index (χ0n) is 9.37. The van der Waals surface area contributed by atoms with Crippen LogP contribution in [-0.4, -0.2) is 22.2 Å². The highest BCUT2D eigenvalue weighted by atomic mass is 32.2. The monoisotopic (exact) mass is 216 g/mol. The van der Waals surface area contributed by atoms with E-state index in [2.05, 4.69) is 6.92 Å². The zero-order chi connectivity index (χ0) is 10.2. The van der Waals surface area contributed by atoms with Gasteiger partial charge in [0.25, 0.3) is 0 Å². The van der Waals surface area contributed by atoms with Gasteiger partial charge in [-0.15, -0.1) is 0 Å². The summed E-state index contributed by atoms with van der Waals surface area (Å²) in [5.74, 6) is 1.25. The van der Waals surface area contributed by atoms with Gasteiger partial charge in [-0.1, -0.05) is 39.0 Å². The second-order valence-electron chi connectivity index (χ2n) is 4.32. The molecule has 0 radical (unpaired) electrons. The van der Waals surface area contributed by atoms with E-state index >= 15 is 0 Å². The van der Waals surface area contributed by atoms with Gasteiger partial charge in [-0.2, -0.15) is 11.8 Å². The van der Waals surface area contributed by atoms with Crippen LogP contribution in [0, 0.1) is 0 Å². The molecule has 84 valence electrons. The molecule has 0 saturated heterocycles. The van der Waals surface area contributed by atoms with Crippen molar-refractivity contribution >= 4 is 11.8 Å². The summed E-state index contributed by atoms with van der Waals surface area (Å²) in [5.41, 5.74) is 0. The number of thioether (sulfide) groups is 1. The summed E-state index contributed by atoms with van der Waals surface area (Å²) in [7, 11) is 0. The lowest BCUT2D eigenvalue weighted by molar-refractivity contribution is 0.163. The van der Waals surface area contributed by atoms with Crippen molar-refractivity contribution in [1.29, 1.82) is 0 Å². The molecule has 0 aromatic heterocycles. The molecule has 14 heavy (non-hydrogen) atoms. The second-order valence-corrected chi connectivity index (χ2v) is 5.67. The van der Waals surface area contributed by atoms with Crippen molar-refractivity contribution in [2.45, 2.75) is 69.6 Å². The Hall–Kier alpha value is 0.310.